The minimum absolute atomic E-state index is 0.144. The summed E-state index contributed by atoms with van der Waals surface area (Å²) in [7, 11) is 0. The minimum atomic E-state index is -0.412. The highest BCUT2D eigenvalue weighted by molar-refractivity contribution is 6.31. The molecule has 0 unspecified atom stereocenters. The number of halogens is 1. The fourth-order valence-corrected chi connectivity index (χ4v) is 2.49. The molecule has 2 aromatic carbocycles. The number of anilines is 2. The number of amides is 2. The smallest absolute Gasteiger partial charge is 0.274 e. The molecule has 1 heterocycles. The summed E-state index contributed by atoms with van der Waals surface area (Å²) in [5.41, 5.74) is 2.43. The third-order valence-corrected chi connectivity index (χ3v) is 3.93. The van der Waals surface area contributed by atoms with Crippen molar-refractivity contribution >= 4 is 34.8 Å². The normalized spacial score (nSPS) is 10.2. The lowest BCUT2D eigenvalue weighted by atomic mass is 10.2. The molecule has 26 heavy (non-hydrogen) atoms. The highest BCUT2D eigenvalue weighted by atomic mass is 35.5. The second-order valence-corrected chi connectivity index (χ2v) is 6.08. The molecule has 6 heteroatoms. The van der Waals surface area contributed by atoms with E-state index in [4.69, 9.17) is 11.6 Å². The second kappa shape index (κ2) is 7.80. The van der Waals surface area contributed by atoms with Crippen molar-refractivity contribution in [3.05, 3.63) is 88.7 Å². The fourth-order valence-electron chi connectivity index (χ4n) is 2.32. The van der Waals surface area contributed by atoms with Gasteiger partial charge in [-0.05, 0) is 48.9 Å². The molecule has 0 spiro atoms. The van der Waals surface area contributed by atoms with Gasteiger partial charge in [-0.1, -0.05) is 41.9 Å². The number of para-hydroxylation sites is 1. The van der Waals surface area contributed by atoms with Crippen molar-refractivity contribution in [1.82, 2.24) is 4.98 Å². The first kappa shape index (κ1) is 17.6. The van der Waals surface area contributed by atoms with Gasteiger partial charge in [0.25, 0.3) is 11.8 Å². The van der Waals surface area contributed by atoms with Crippen molar-refractivity contribution in [3.63, 3.8) is 0 Å². The maximum atomic E-state index is 12.5. The topological polar surface area (TPSA) is 71.1 Å². The van der Waals surface area contributed by atoms with E-state index in [9.17, 15) is 9.59 Å². The van der Waals surface area contributed by atoms with E-state index >= 15 is 0 Å². The van der Waals surface area contributed by atoms with Crippen molar-refractivity contribution in [2.45, 2.75) is 6.92 Å². The summed E-state index contributed by atoms with van der Waals surface area (Å²) in [5.74, 6) is -0.797. The van der Waals surface area contributed by atoms with E-state index < -0.39 is 5.91 Å². The highest BCUT2D eigenvalue weighted by Crippen LogP contribution is 2.20. The first-order chi connectivity index (χ1) is 12.5. The number of hydrogen-bond donors (Lipinski definition) is 2. The maximum Gasteiger partial charge on any atom is 0.274 e. The summed E-state index contributed by atoms with van der Waals surface area (Å²) in [6, 6.07) is 19.0. The van der Waals surface area contributed by atoms with Gasteiger partial charge in [0, 0.05) is 16.4 Å². The van der Waals surface area contributed by atoms with Crippen LogP contribution in [0.25, 0.3) is 0 Å². The van der Waals surface area contributed by atoms with E-state index in [0.717, 1.165) is 5.56 Å². The Morgan fingerprint density at radius 3 is 2.19 bits per heavy atom. The van der Waals surface area contributed by atoms with Crippen LogP contribution >= 0.6 is 11.6 Å². The van der Waals surface area contributed by atoms with E-state index in [1.807, 2.05) is 31.2 Å². The Kier molecular flexibility index (Phi) is 5.29. The third kappa shape index (κ3) is 4.26. The molecule has 0 bridgehead atoms. The number of nitrogens with one attached hydrogen (secondary N) is 2. The Bertz CT molecular complexity index is 958. The van der Waals surface area contributed by atoms with Crippen molar-refractivity contribution in [3.8, 4) is 0 Å². The molecular formula is C20H16ClN3O2. The molecule has 0 fully saturated rings. The molecule has 1 aromatic heterocycles. The lowest BCUT2D eigenvalue weighted by molar-refractivity contribution is 0.101. The van der Waals surface area contributed by atoms with Crippen LogP contribution in [-0.4, -0.2) is 16.8 Å². The summed E-state index contributed by atoms with van der Waals surface area (Å²) in [5, 5.41) is 6.03. The van der Waals surface area contributed by atoms with Crippen molar-refractivity contribution in [2.75, 3.05) is 10.6 Å². The molecule has 0 atom stereocenters. The number of aromatic nitrogens is 1. The Morgan fingerprint density at radius 1 is 0.846 bits per heavy atom. The standard InChI is InChI=1S/C20H16ClN3O2/c1-13-10-11-14(21)12-18(13)24-20(26)17-9-5-8-16(23-17)19(25)22-15-6-3-2-4-7-15/h2-12H,1H3,(H,22,25)(H,24,26). The molecule has 0 saturated carbocycles. The van der Waals surface area contributed by atoms with Crippen LogP contribution in [0.15, 0.2) is 66.7 Å². The van der Waals surface area contributed by atoms with Gasteiger partial charge >= 0.3 is 0 Å². The number of pyridine rings is 1. The van der Waals surface area contributed by atoms with Crippen LogP contribution < -0.4 is 10.6 Å². The van der Waals surface area contributed by atoms with E-state index in [1.54, 1.807) is 42.5 Å². The zero-order chi connectivity index (χ0) is 18.5. The quantitative estimate of drug-likeness (QED) is 0.712. The van der Waals surface area contributed by atoms with Crippen LogP contribution in [0.2, 0.25) is 5.02 Å². The summed E-state index contributed by atoms with van der Waals surface area (Å²) in [6.07, 6.45) is 0. The molecule has 0 radical (unpaired) electrons. The Hall–Kier alpha value is -3.18. The Labute approximate surface area is 156 Å². The number of aryl methyl sites for hydroxylation is 1. The molecule has 0 saturated heterocycles. The molecule has 130 valence electrons. The van der Waals surface area contributed by atoms with Crippen LogP contribution in [0.3, 0.4) is 0 Å². The van der Waals surface area contributed by atoms with Crippen LogP contribution in [0.1, 0.15) is 26.5 Å². The molecule has 5 nitrogen and oxygen atoms in total. The van der Waals surface area contributed by atoms with Crippen LogP contribution in [0.4, 0.5) is 11.4 Å². The Morgan fingerprint density at radius 2 is 1.50 bits per heavy atom. The van der Waals surface area contributed by atoms with Crippen LogP contribution in [-0.2, 0) is 0 Å². The summed E-state index contributed by atoms with van der Waals surface area (Å²) in [6.45, 7) is 1.86. The predicted octanol–water partition coefficient (Wildman–Crippen LogP) is 4.55. The Balaban J connectivity index is 1.77. The number of carbonyl (C=O) groups is 2. The molecule has 0 aliphatic rings. The summed E-state index contributed by atoms with van der Waals surface area (Å²) >= 11 is 5.97. The van der Waals surface area contributed by atoms with Gasteiger partial charge in [0.05, 0.1) is 0 Å². The number of rotatable bonds is 4. The molecule has 2 N–H and O–H groups in total. The van der Waals surface area contributed by atoms with Crippen LogP contribution in [0, 0.1) is 6.92 Å². The van der Waals surface area contributed by atoms with Gasteiger partial charge < -0.3 is 10.6 Å². The average Bonchev–Trinajstić information content (AvgIpc) is 2.65. The van der Waals surface area contributed by atoms with Gasteiger partial charge in [0.15, 0.2) is 0 Å². The first-order valence-electron chi connectivity index (χ1n) is 7.94. The number of carbonyl (C=O) groups excluding carboxylic acids is 2. The van der Waals surface area contributed by atoms with Gasteiger partial charge in [-0.2, -0.15) is 0 Å². The van der Waals surface area contributed by atoms with Crippen molar-refractivity contribution in [2.24, 2.45) is 0 Å². The monoisotopic (exact) mass is 365 g/mol. The highest BCUT2D eigenvalue weighted by Gasteiger charge is 2.13. The largest absolute Gasteiger partial charge is 0.321 e. The van der Waals surface area contributed by atoms with Gasteiger partial charge in [-0.25, -0.2) is 4.98 Å². The van der Waals surface area contributed by atoms with Gasteiger partial charge in [0.2, 0.25) is 0 Å². The zero-order valence-electron chi connectivity index (χ0n) is 14.0. The second-order valence-electron chi connectivity index (χ2n) is 5.64. The maximum absolute atomic E-state index is 12.5. The molecule has 3 rings (SSSR count). The fraction of sp³-hybridized carbons (Fsp3) is 0.0500. The third-order valence-electron chi connectivity index (χ3n) is 3.69. The van der Waals surface area contributed by atoms with E-state index in [2.05, 4.69) is 15.6 Å². The van der Waals surface area contributed by atoms with E-state index in [-0.39, 0.29) is 17.3 Å². The van der Waals surface area contributed by atoms with E-state index in [1.165, 1.54) is 0 Å². The average molecular weight is 366 g/mol. The first-order valence-corrected chi connectivity index (χ1v) is 8.32. The van der Waals surface area contributed by atoms with Crippen LogP contribution in [0.5, 0.6) is 0 Å². The number of benzene rings is 2. The van der Waals surface area contributed by atoms with Gasteiger partial charge in [0.1, 0.15) is 11.4 Å². The molecule has 0 aliphatic heterocycles. The SMILES string of the molecule is Cc1ccc(Cl)cc1NC(=O)c1cccc(C(=O)Nc2ccccc2)n1. The lowest BCUT2D eigenvalue weighted by Gasteiger charge is -2.09. The van der Waals surface area contributed by atoms with Crippen molar-refractivity contribution in [1.29, 1.82) is 0 Å². The van der Waals surface area contributed by atoms with Gasteiger partial charge in [-0.15, -0.1) is 0 Å². The summed E-state index contributed by atoms with van der Waals surface area (Å²) < 4.78 is 0. The number of hydrogen-bond acceptors (Lipinski definition) is 3. The molecular weight excluding hydrogens is 350 g/mol. The summed E-state index contributed by atoms with van der Waals surface area (Å²) in [4.78, 5) is 28.9. The molecule has 3 aromatic rings. The minimum Gasteiger partial charge on any atom is -0.321 e. The predicted molar refractivity (Wildman–Crippen MR) is 103 cm³/mol. The lowest BCUT2D eigenvalue weighted by Crippen LogP contribution is -2.18. The number of nitrogens with zero attached hydrogens (tertiary/aromatic N) is 1. The van der Waals surface area contributed by atoms with Crippen molar-refractivity contribution < 1.29 is 9.59 Å². The van der Waals surface area contributed by atoms with E-state index in [0.29, 0.717) is 16.4 Å². The van der Waals surface area contributed by atoms with Gasteiger partial charge in [-0.3, -0.25) is 9.59 Å². The molecule has 2 amide bonds. The zero-order valence-corrected chi connectivity index (χ0v) is 14.7. The molecule has 0 aliphatic carbocycles.